The standard InChI is InChI=1S/C23H23N3O3S2/c1-2-3-8-21-25-23-22(19(27)13-14-30-23)26(21)15-16-9-11-17(12-10-16)18-6-4-5-7-20(18)31(24,28)29/h4-7,9-14H,2-3,8,15H2,1H3,(H2,24,28,29). The highest BCUT2D eigenvalue weighted by Gasteiger charge is 2.16. The molecule has 0 bridgehead atoms. The molecule has 0 atom stereocenters. The molecular formula is C23H23N3O3S2. The van der Waals surface area contributed by atoms with Crippen LogP contribution >= 0.6 is 11.3 Å². The lowest BCUT2D eigenvalue weighted by molar-refractivity contribution is 0.598. The largest absolute Gasteiger partial charge is 0.320 e. The number of nitrogens with two attached hydrogens (primary N) is 1. The van der Waals surface area contributed by atoms with E-state index in [0.717, 1.165) is 41.0 Å². The van der Waals surface area contributed by atoms with Gasteiger partial charge in [-0.3, -0.25) is 4.79 Å². The van der Waals surface area contributed by atoms with Crippen LogP contribution in [0.25, 0.3) is 21.5 Å². The van der Waals surface area contributed by atoms with Gasteiger partial charge in [0.05, 0.1) is 4.90 Å². The Morgan fingerprint density at radius 2 is 1.81 bits per heavy atom. The molecule has 31 heavy (non-hydrogen) atoms. The maximum absolute atomic E-state index is 12.5. The minimum Gasteiger partial charge on any atom is -0.320 e. The Labute approximate surface area is 185 Å². The van der Waals surface area contributed by atoms with Crippen molar-refractivity contribution in [2.45, 2.75) is 37.6 Å². The predicted molar refractivity (Wildman–Crippen MR) is 125 cm³/mol. The zero-order valence-electron chi connectivity index (χ0n) is 17.1. The van der Waals surface area contributed by atoms with Crippen LogP contribution in [0.4, 0.5) is 0 Å². The van der Waals surface area contributed by atoms with Crippen LogP contribution < -0.4 is 10.6 Å². The summed E-state index contributed by atoms with van der Waals surface area (Å²) < 4.78 is 25.9. The van der Waals surface area contributed by atoms with Gasteiger partial charge in [0.1, 0.15) is 16.2 Å². The molecule has 8 heteroatoms. The lowest BCUT2D eigenvalue weighted by atomic mass is 10.0. The Bertz CT molecular complexity index is 1390. The molecule has 0 unspecified atom stereocenters. The van der Waals surface area contributed by atoms with Crippen molar-refractivity contribution in [1.29, 1.82) is 0 Å². The van der Waals surface area contributed by atoms with Crippen molar-refractivity contribution in [1.82, 2.24) is 9.55 Å². The average molecular weight is 454 g/mol. The van der Waals surface area contributed by atoms with Crippen LogP contribution in [0.5, 0.6) is 0 Å². The minimum absolute atomic E-state index is 0.0253. The van der Waals surface area contributed by atoms with E-state index in [4.69, 9.17) is 10.1 Å². The maximum atomic E-state index is 12.5. The van der Waals surface area contributed by atoms with Gasteiger partial charge >= 0.3 is 0 Å². The van der Waals surface area contributed by atoms with E-state index >= 15 is 0 Å². The number of unbranched alkanes of at least 4 members (excludes halogenated alkanes) is 1. The number of benzene rings is 2. The van der Waals surface area contributed by atoms with Crippen molar-refractivity contribution in [2.24, 2.45) is 5.14 Å². The number of rotatable bonds is 7. The fourth-order valence-electron chi connectivity index (χ4n) is 3.66. The molecule has 160 valence electrons. The van der Waals surface area contributed by atoms with Crippen LogP contribution in [0.1, 0.15) is 31.2 Å². The van der Waals surface area contributed by atoms with Crippen molar-refractivity contribution in [3.63, 3.8) is 0 Å². The maximum Gasteiger partial charge on any atom is 0.238 e. The first-order valence-corrected chi connectivity index (χ1v) is 12.5. The number of imidazole rings is 1. The van der Waals surface area contributed by atoms with Crippen LogP contribution in [-0.4, -0.2) is 18.0 Å². The Hall–Kier alpha value is -2.81. The SMILES string of the molecule is CCCCc1nc2sccc(=O)c2n1Cc1ccc(-c2ccccc2S(N)(=O)=O)cc1. The number of nitrogens with zero attached hydrogens (tertiary/aromatic N) is 2. The fourth-order valence-corrected chi connectivity index (χ4v) is 5.22. The zero-order chi connectivity index (χ0) is 22.0. The lowest BCUT2D eigenvalue weighted by Gasteiger charge is -2.11. The molecule has 0 aliphatic rings. The Balaban J connectivity index is 1.71. The molecule has 0 amide bonds. The number of aryl methyl sites for hydroxylation is 1. The number of hydrogen-bond donors (Lipinski definition) is 1. The van der Waals surface area contributed by atoms with E-state index in [2.05, 4.69) is 6.92 Å². The summed E-state index contributed by atoms with van der Waals surface area (Å²) in [6.07, 6.45) is 2.87. The molecule has 0 saturated heterocycles. The third kappa shape index (κ3) is 4.46. The summed E-state index contributed by atoms with van der Waals surface area (Å²) in [5.74, 6) is 0.917. The molecule has 0 spiro atoms. The Kier molecular flexibility index (Phi) is 6.04. The molecule has 0 saturated carbocycles. The normalized spacial score (nSPS) is 11.8. The Morgan fingerprint density at radius 1 is 1.06 bits per heavy atom. The smallest absolute Gasteiger partial charge is 0.238 e. The summed E-state index contributed by atoms with van der Waals surface area (Å²) in [5.41, 5.74) is 2.95. The first-order valence-electron chi connectivity index (χ1n) is 10.1. The molecule has 6 nitrogen and oxygen atoms in total. The van der Waals surface area contributed by atoms with Crippen LogP contribution in [0.2, 0.25) is 0 Å². The van der Waals surface area contributed by atoms with Crippen molar-refractivity contribution in [3.05, 3.63) is 81.6 Å². The van der Waals surface area contributed by atoms with Gasteiger partial charge in [-0.25, -0.2) is 18.5 Å². The highest BCUT2D eigenvalue weighted by molar-refractivity contribution is 7.89. The van der Waals surface area contributed by atoms with Gasteiger partial charge in [-0.1, -0.05) is 55.8 Å². The quantitative estimate of drug-likeness (QED) is 0.454. The molecule has 0 aliphatic heterocycles. The molecule has 2 aromatic carbocycles. The molecule has 2 N–H and O–H groups in total. The number of aromatic nitrogens is 2. The molecule has 4 rings (SSSR count). The molecule has 2 aromatic heterocycles. The molecular weight excluding hydrogens is 430 g/mol. The third-order valence-electron chi connectivity index (χ3n) is 5.20. The van der Waals surface area contributed by atoms with Gasteiger partial charge < -0.3 is 4.57 Å². The molecule has 0 radical (unpaired) electrons. The van der Waals surface area contributed by atoms with Gasteiger partial charge in [-0.2, -0.15) is 0 Å². The van der Waals surface area contributed by atoms with Gasteiger partial charge in [-0.05, 0) is 35.1 Å². The van der Waals surface area contributed by atoms with E-state index in [1.165, 1.54) is 17.4 Å². The van der Waals surface area contributed by atoms with E-state index < -0.39 is 10.0 Å². The second-order valence-electron chi connectivity index (χ2n) is 7.39. The van der Waals surface area contributed by atoms with E-state index in [-0.39, 0.29) is 10.3 Å². The van der Waals surface area contributed by atoms with E-state index in [0.29, 0.717) is 17.6 Å². The summed E-state index contributed by atoms with van der Waals surface area (Å²) in [4.78, 5) is 18.1. The van der Waals surface area contributed by atoms with Crippen molar-refractivity contribution in [2.75, 3.05) is 0 Å². The lowest BCUT2D eigenvalue weighted by Crippen LogP contribution is -2.13. The summed E-state index contributed by atoms with van der Waals surface area (Å²) in [7, 11) is -3.82. The minimum atomic E-state index is -3.82. The van der Waals surface area contributed by atoms with Crippen LogP contribution in [0.15, 0.2) is 69.7 Å². The number of hydrogen-bond acceptors (Lipinski definition) is 5. The van der Waals surface area contributed by atoms with Crippen molar-refractivity contribution in [3.8, 4) is 11.1 Å². The Morgan fingerprint density at radius 3 is 2.52 bits per heavy atom. The molecule has 4 aromatic rings. The highest BCUT2D eigenvalue weighted by atomic mass is 32.2. The van der Waals surface area contributed by atoms with E-state index in [1.807, 2.05) is 28.8 Å². The van der Waals surface area contributed by atoms with Crippen molar-refractivity contribution < 1.29 is 8.42 Å². The van der Waals surface area contributed by atoms with Crippen LogP contribution in [0.3, 0.4) is 0 Å². The van der Waals surface area contributed by atoms with Crippen LogP contribution in [0, 0.1) is 0 Å². The fraction of sp³-hybridized carbons (Fsp3) is 0.217. The number of fused-ring (bicyclic) bond motifs is 1. The summed E-state index contributed by atoms with van der Waals surface area (Å²) >= 11 is 1.47. The summed E-state index contributed by atoms with van der Waals surface area (Å²) in [6, 6.07) is 15.9. The first-order chi connectivity index (χ1) is 14.9. The van der Waals surface area contributed by atoms with Gasteiger partial charge in [0, 0.05) is 18.5 Å². The topological polar surface area (TPSA) is 95.0 Å². The first kappa shape index (κ1) is 21.4. The van der Waals surface area contributed by atoms with E-state index in [1.54, 1.807) is 29.6 Å². The molecule has 0 fully saturated rings. The molecule has 0 aliphatic carbocycles. The van der Waals surface area contributed by atoms with Gasteiger partial charge in [0.25, 0.3) is 0 Å². The number of sulfonamides is 1. The second kappa shape index (κ2) is 8.74. The van der Waals surface area contributed by atoms with Gasteiger partial charge in [0.15, 0.2) is 0 Å². The highest BCUT2D eigenvalue weighted by Crippen LogP contribution is 2.27. The zero-order valence-corrected chi connectivity index (χ0v) is 18.7. The average Bonchev–Trinajstić information content (AvgIpc) is 3.10. The van der Waals surface area contributed by atoms with Gasteiger partial charge in [-0.15, -0.1) is 11.3 Å². The van der Waals surface area contributed by atoms with Crippen molar-refractivity contribution >= 4 is 31.7 Å². The van der Waals surface area contributed by atoms with Crippen LogP contribution in [-0.2, 0) is 23.0 Å². The third-order valence-corrected chi connectivity index (χ3v) is 6.95. The van der Waals surface area contributed by atoms with Gasteiger partial charge in [0.2, 0.25) is 15.5 Å². The molecule has 2 heterocycles. The predicted octanol–water partition coefficient (Wildman–Crippen LogP) is 4.16. The second-order valence-corrected chi connectivity index (χ2v) is 9.82. The van der Waals surface area contributed by atoms with E-state index in [9.17, 15) is 13.2 Å². The monoisotopic (exact) mass is 453 g/mol. The summed E-state index contributed by atoms with van der Waals surface area (Å²) in [6.45, 7) is 2.66. The summed E-state index contributed by atoms with van der Waals surface area (Å²) in [5, 5.41) is 7.15. The number of primary sulfonamides is 1.